The van der Waals surface area contributed by atoms with E-state index in [0.29, 0.717) is 5.69 Å². The van der Waals surface area contributed by atoms with Gasteiger partial charge < -0.3 is 11.1 Å². The summed E-state index contributed by atoms with van der Waals surface area (Å²) in [5.74, 6) is 0.428. The Balaban J connectivity index is 2.37. The number of nitrogens with two attached hydrogens (primary N) is 1. The van der Waals surface area contributed by atoms with Crippen LogP contribution in [0.2, 0.25) is 0 Å². The summed E-state index contributed by atoms with van der Waals surface area (Å²) in [5.41, 5.74) is 6.95. The van der Waals surface area contributed by atoms with Crippen LogP contribution in [-0.4, -0.2) is 6.54 Å². The highest BCUT2D eigenvalue weighted by molar-refractivity contribution is 5.65. The highest BCUT2D eigenvalue weighted by atomic mass is 19.1. The number of hydrogen-bond donors (Lipinski definition) is 2. The molecule has 1 aromatic rings. The number of anilines is 2. The van der Waals surface area contributed by atoms with Gasteiger partial charge in [-0.1, -0.05) is 13.8 Å². The highest BCUT2D eigenvalue weighted by Gasteiger charge is 2.00. The van der Waals surface area contributed by atoms with E-state index in [-0.39, 0.29) is 5.82 Å². The topological polar surface area (TPSA) is 38.0 Å². The van der Waals surface area contributed by atoms with Crippen molar-refractivity contribution in [3.05, 3.63) is 24.0 Å². The minimum absolute atomic E-state index is 0.291. The normalized spacial score (nSPS) is 10.7. The van der Waals surface area contributed by atoms with Crippen LogP contribution in [0.1, 0.15) is 26.7 Å². The quantitative estimate of drug-likeness (QED) is 0.578. The molecule has 84 valence electrons. The molecule has 3 N–H and O–H groups in total. The molecule has 0 saturated carbocycles. The van der Waals surface area contributed by atoms with Gasteiger partial charge in [0.25, 0.3) is 0 Å². The van der Waals surface area contributed by atoms with Crippen molar-refractivity contribution in [1.82, 2.24) is 0 Å². The van der Waals surface area contributed by atoms with Gasteiger partial charge in [0.1, 0.15) is 5.82 Å². The second kappa shape index (κ2) is 5.59. The number of nitrogens with one attached hydrogen (secondary N) is 1. The first-order valence-electron chi connectivity index (χ1n) is 5.38. The Labute approximate surface area is 90.7 Å². The smallest absolute Gasteiger partial charge is 0.125 e. The average Bonchev–Trinajstić information content (AvgIpc) is 2.14. The zero-order valence-electron chi connectivity index (χ0n) is 9.39. The summed E-state index contributed by atoms with van der Waals surface area (Å²) in [6, 6.07) is 4.44. The monoisotopic (exact) mass is 210 g/mol. The van der Waals surface area contributed by atoms with E-state index in [4.69, 9.17) is 5.73 Å². The van der Waals surface area contributed by atoms with E-state index in [1.54, 1.807) is 6.07 Å². The first-order valence-corrected chi connectivity index (χ1v) is 5.38. The number of halogens is 1. The van der Waals surface area contributed by atoms with Crippen LogP contribution in [0.4, 0.5) is 15.8 Å². The molecule has 1 rings (SSSR count). The fourth-order valence-corrected chi connectivity index (χ4v) is 1.43. The Morgan fingerprint density at radius 3 is 2.73 bits per heavy atom. The summed E-state index contributed by atoms with van der Waals surface area (Å²) in [5, 5.41) is 3.20. The molecule has 1 aromatic carbocycles. The molecule has 0 bridgehead atoms. The van der Waals surface area contributed by atoms with Gasteiger partial charge in [-0.3, -0.25) is 0 Å². The van der Waals surface area contributed by atoms with Gasteiger partial charge in [0.05, 0.1) is 11.4 Å². The summed E-state index contributed by atoms with van der Waals surface area (Å²) in [6.07, 6.45) is 2.29. The van der Waals surface area contributed by atoms with Gasteiger partial charge in [-0.25, -0.2) is 4.39 Å². The van der Waals surface area contributed by atoms with Gasteiger partial charge in [0.15, 0.2) is 0 Å². The molecular weight excluding hydrogens is 191 g/mol. The molecule has 2 nitrogen and oxygen atoms in total. The SMILES string of the molecule is CC(C)CCCNc1ccc(F)cc1N. The molecule has 15 heavy (non-hydrogen) atoms. The van der Waals surface area contributed by atoms with Gasteiger partial charge in [0, 0.05) is 6.54 Å². The zero-order valence-corrected chi connectivity index (χ0v) is 9.39. The molecule has 0 unspecified atom stereocenters. The van der Waals surface area contributed by atoms with Crippen molar-refractivity contribution >= 4 is 11.4 Å². The maximum absolute atomic E-state index is 12.7. The van der Waals surface area contributed by atoms with E-state index in [0.717, 1.165) is 24.6 Å². The first kappa shape index (κ1) is 11.8. The summed E-state index contributed by atoms with van der Waals surface area (Å²) in [6.45, 7) is 5.28. The Morgan fingerprint density at radius 2 is 2.13 bits per heavy atom. The van der Waals surface area contributed by atoms with Crippen LogP contribution in [0, 0.1) is 11.7 Å². The van der Waals surface area contributed by atoms with E-state index in [1.165, 1.54) is 18.6 Å². The van der Waals surface area contributed by atoms with E-state index in [1.807, 2.05) is 0 Å². The summed E-state index contributed by atoms with van der Waals surface area (Å²) < 4.78 is 12.7. The van der Waals surface area contributed by atoms with Crippen molar-refractivity contribution in [3.8, 4) is 0 Å². The van der Waals surface area contributed by atoms with Crippen LogP contribution in [-0.2, 0) is 0 Å². The number of nitrogen functional groups attached to an aromatic ring is 1. The van der Waals surface area contributed by atoms with Crippen LogP contribution in [0.25, 0.3) is 0 Å². The van der Waals surface area contributed by atoms with Gasteiger partial charge in [0.2, 0.25) is 0 Å². The third-order valence-corrected chi connectivity index (χ3v) is 2.29. The molecular formula is C12H19FN2. The van der Waals surface area contributed by atoms with Gasteiger partial charge in [-0.15, -0.1) is 0 Å². The second-order valence-corrected chi connectivity index (χ2v) is 4.19. The lowest BCUT2D eigenvalue weighted by Gasteiger charge is -2.10. The summed E-state index contributed by atoms with van der Waals surface area (Å²) >= 11 is 0. The molecule has 0 aliphatic heterocycles. The van der Waals surface area contributed by atoms with Crippen LogP contribution in [0.5, 0.6) is 0 Å². The molecule has 0 radical (unpaired) electrons. The highest BCUT2D eigenvalue weighted by Crippen LogP contribution is 2.19. The van der Waals surface area contributed by atoms with Crippen molar-refractivity contribution in [2.45, 2.75) is 26.7 Å². The van der Waals surface area contributed by atoms with Crippen LogP contribution >= 0.6 is 0 Å². The fourth-order valence-electron chi connectivity index (χ4n) is 1.43. The fraction of sp³-hybridized carbons (Fsp3) is 0.500. The third kappa shape index (κ3) is 4.19. The van der Waals surface area contributed by atoms with E-state index in [9.17, 15) is 4.39 Å². The van der Waals surface area contributed by atoms with Crippen molar-refractivity contribution in [1.29, 1.82) is 0 Å². The lowest BCUT2D eigenvalue weighted by molar-refractivity contribution is 0.567. The Bertz CT molecular complexity index is 310. The van der Waals surface area contributed by atoms with E-state index < -0.39 is 0 Å². The Kier molecular flexibility index (Phi) is 4.40. The molecule has 0 fully saturated rings. The maximum atomic E-state index is 12.7. The molecule has 0 aliphatic carbocycles. The molecule has 0 heterocycles. The van der Waals surface area contributed by atoms with Gasteiger partial charge in [-0.05, 0) is 37.0 Å². The number of rotatable bonds is 5. The van der Waals surface area contributed by atoms with Gasteiger partial charge in [-0.2, -0.15) is 0 Å². The Morgan fingerprint density at radius 1 is 1.40 bits per heavy atom. The van der Waals surface area contributed by atoms with Crippen LogP contribution in [0.15, 0.2) is 18.2 Å². The molecule has 0 aromatic heterocycles. The molecule has 0 saturated heterocycles. The predicted octanol–water partition coefficient (Wildman–Crippen LogP) is 3.26. The minimum atomic E-state index is -0.291. The molecule has 3 heteroatoms. The average molecular weight is 210 g/mol. The van der Waals surface area contributed by atoms with Crippen molar-refractivity contribution in [2.24, 2.45) is 5.92 Å². The zero-order chi connectivity index (χ0) is 11.3. The lowest BCUT2D eigenvalue weighted by atomic mass is 10.1. The number of hydrogen-bond acceptors (Lipinski definition) is 2. The van der Waals surface area contributed by atoms with Crippen molar-refractivity contribution in [3.63, 3.8) is 0 Å². The van der Waals surface area contributed by atoms with Crippen molar-refractivity contribution < 1.29 is 4.39 Å². The second-order valence-electron chi connectivity index (χ2n) is 4.19. The first-order chi connectivity index (χ1) is 7.09. The van der Waals surface area contributed by atoms with E-state index in [2.05, 4.69) is 19.2 Å². The van der Waals surface area contributed by atoms with Crippen LogP contribution in [0.3, 0.4) is 0 Å². The number of benzene rings is 1. The largest absolute Gasteiger partial charge is 0.397 e. The minimum Gasteiger partial charge on any atom is -0.397 e. The Hall–Kier alpha value is -1.25. The third-order valence-electron chi connectivity index (χ3n) is 2.29. The predicted molar refractivity (Wildman–Crippen MR) is 63.4 cm³/mol. The standard InChI is InChI=1S/C12H19FN2/c1-9(2)4-3-7-15-12-6-5-10(13)8-11(12)14/h5-6,8-9,15H,3-4,7,14H2,1-2H3. The van der Waals surface area contributed by atoms with E-state index >= 15 is 0 Å². The molecule has 0 atom stereocenters. The molecule has 0 aliphatic rings. The molecule has 0 spiro atoms. The van der Waals surface area contributed by atoms with Gasteiger partial charge >= 0.3 is 0 Å². The summed E-state index contributed by atoms with van der Waals surface area (Å²) in [4.78, 5) is 0. The summed E-state index contributed by atoms with van der Waals surface area (Å²) in [7, 11) is 0. The lowest BCUT2D eigenvalue weighted by Crippen LogP contribution is -2.05. The van der Waals surface area contributed by atoms with Crippen LogP contribution < -0.4 is 11.1 Å². The molecule has 0 amide bonds. The van der Waals surface area contributed by atoms with Crippen molar-refractivity contribution in [2.75, 3.05) is 17.6 Å². The maximum Gasteiger partial charge on any atom is 0.125 e.